The number of hydrogen-bond donors (Lipinski definition) is 1. The maximum Gasteiger partial charge on any atom is 0.250 e. The molecule has 1 fully saturated rings. The molecule has 0 saturated carbocycles. The molecule has 1 saturated heterocycles. The third-order valence-electron chi connectivity index (χ3n) is 7.05. The van der Waals surface area contributed by atoms with Crippen LogP contribution in [-0.4, -0.2) is 50.5 Å². The lowest BCUT2D eigenvalue weighted by Gasteiger charge is -2.42. The standard InChI is InChI=1S/C27H29N3O6S/c1-35-21-5-3-18(4-6-21)14-25(31)28-24-11-12-26(32)30-16-19-13-20(27(24)30)17-29(15-19)37(33,34)23-9-7-22(36-2)8-10-23/h3-12,19-20H,13-17H2,1-2H3,(H,28,31)/t19-,20-/m0/s1. The van der Waals surface area contributed by atoms with E-state index in [-0.39, 0.29) is 41.2 Å². The molecular formula is C27H29N3O6S. The average Bonchev–Trinajstić information content (AvgIpc) is 2.90. The highest BCUT2D eigenvalue weighted by atomic mass is 32.2. The zero-order valence-corrected chi connectivity index (χ0v) is 21.5. The van der Waals surface area contributed by atoms with E-state index in [1.54, 1.807) is 54.1 Å². The normalized spacial score (nSPS) is 19.1. The highest BCUT2D eigenvalue weighted by molar-refractivity contribution is 7.89. The van der Waals surface area contributed by atoms with Crippen molar-refractivity contribution in [2.75, 3.05) is 32.6 Å². The van der Waals surface area contributed by atoms with E-state index in [4.69, 9.17) is 9.47 Å². The molecule has 5 rings (SSSR count). The Labute approximate surface area is 215 Å². The van der Waals surface area contributed by atoms with Crippen molar-refractivity contribution >= 4 is 21.6 Å². The first-order chi connectivity index (χ1) is 17.8. The molecule has 10 heteroatoms. The van der Waals surface area contributed by atoms with Crippen LogP contribution in [0.25, 0.3) is 0 Å². The van der Waals surface area contributed by atoms with E-state index in [1.807, 2.05) is 12.1 Å². The first-order valence-corrected chi connectivity index (χ1v) is 13.5. The SMILES string of the molecule is COc1ccc(CC(=O)Nc2ccc(=O)n3c2[C@H]2C[C@@H](CN(S(=O)(=O)c4ccc(OC)cc4)C2)C3)cc1. The number of piperidine rings is 1. The van der Waals surface area contributed by atoms with Crippen LogP contribution in [0.4, 0.5) is 5.69 Å². The van der Waals surface area contributed by atoms with Gasteiger partial charge in [0.1, 0.15) is 11.5 Å². The number of anilines is 1. The second-order valence-corrected chi connectivity index (χ2v) is 11.4. The molecule has 1 aromatic heterocycles. The number of carbonyl (C=O) groups is 1. The van der Waals surface area contributed by atoms with Gasteiger partial charge in [0.25, 0.3) is 5.56 Å². The summed E-state index contributed by atoms with van der Waals surface area (Å²) in [5.74, 6) is 0.861. The largest absolute Gasteiger partial charge is 0.497 e. The summed E-state index contributed by atoms with van der Waals surface area (Å²) in [5, 5.41) is 2.96. The van der Waals surface area contributed by atoms with Gasteiger partial charge in [0.15, 0.2) is 0 Å². The third kappa shape index (κ3) is 4.99. The number of methoxy groups -OCH3 is 2. The molecule has 2 bridgehead atoms. The number of ether oxygens (including phenoxy) is 2. The summed E-state index contributed by atoms with van der Waals surface area (Å²) in [6, 6.07) is 16.7. The van der Waals surface area contributed by atoms with Crippen molar-refractivity contribution in [1.82, 2.24) is 8.87 Å². The Morgan fingerprint density at radius 2 is 1.57 bits per heavy atom. The molecule has 37 heavy (non-hydrogen) atoms. The molecular weight excluding hydrogens is 494 g/mol. The number of carbonyl (C=O) groups excluding carboxylic acids is 1. The van der Waals surface area contributed by atoms with Crippen molar-refractivity contribution in [3.05, 3.63) is 82.3 Å². The number of aromatic nitrogens is 1. The molecule has 1 amide bonds. The Morgan fingerprint density at radius 1 is 0.919 bits per heavy atom. The summed E-state index contributed by atoms with van der Waals surface area (Å²) in [4.78, 5) is 25.8. The molecule has 3 heterocycles. The molecule has 0 aliphatic carbocycles. The summed E-state index contributed by atoms with van der Waals surface area (Å²) < 4.78 is 40.4. The molecule has 1 N–H and O–H groups in total. The number of nitrogens with zero attached hydrogens (tertiary/aromatic N) is 2. The lowest BCUT2D eigenvalue weighted by Crippen LogP contribution is -2.49. The summed E-state index contributed by atoms with van der Waals surface area (Å²) >= 11 is 0. The Bertz CT molecular complexity index is 1470. The smallest absolute Gasteiger partial charge is 0.250 e. The number of benzene rings is 2. The quantitative estimate of drug-likeness (QED) is 0.511. The van der Waals surface area contributed by atoms with Gasteiger partial charge in [-0.25, -0.2) is 8.42 Å². The van der Waals surface area contributed by atoms with Crippen LogP contribution in [0.1, 0.15) is 23.6 Å². The molecule has 0 radical (unpaired) electrons. The lowest BCUT2D eigenvalue weighted by atomic mass is 9.83. The van der Waals surface area contributed by atoms with Crippen molar-refractivity contribution in [2.45, 2.75) is 30.2 Å². The van der Waals surface area contributed by atoms with Crippen molar-refractivity contribution < 1.29 is 22.7 Å². The zero-order valence-electron chi connectivity index (χ0n) is 20.7. The Hall–Kier alpha value is -3.63. The number of fused-ring (bicyclic) bond motifs is 4. The minimum Gasteiger partial charge on any atom is -0.497 e. The third-order valence-corrected chi connectivity index (χ3v) is 8.90. The topological polar surface area (TPSA) is 107 Å². The first-order valence-electron chi connectivity index (χ1n) is 12.1. The maximum atomic E-state index is 13.4. The fourth-order valence-electron chi connectivity index (χ4n) is 5.29. The Balaban J connectivity index is 1.39. The van der Waals surface area contributed by atoms with Gasteiger partial charge >= 0.3 is 0 Å². The van der Waals surface area contributed by atoms with Gasteiger partial charge in [-0.15, -0.1) is 0 Å². The van der Waals surface area contributed by atoms with Gasteiger partial charge < -0.3 is 19.4 Å². The summed E-state index contributed by atoms with van der Waals surface area (Å²) in [6.45, 7) is 0.974. The zero-order chi connectivity index (χ0) is 26.2. The predicted molar refractivity (Wildman–Crippen MR) is 139 cm³/mol. The second-order valence-electron chi connectivity index (χ2n) is 9.45. The van der Waals surface area contributed by atoms with Crippen LogP contribution in [-0.2, 0) is 27.8 Å². The van der Waals surface area contributed by atoms with E-state index in [9.17, 15) is 18.0 Å². The molecule has 2 aliphatic rings. The number of nitrogens with one attached hydrogen (secondary N) is 1. The van der Waals surface area contributed by atoms with E-state index in [0.717, 1.165) is 12.0 Å². The van der Waals surface area contributed by atoms with Gasteiger partial charge in [-0.3, -0.25) is 9.59 Å². The van der Waals surface area contributed by atoms with Crippen molar-refractivity contribution in [2.24, 2.45) is 5.92 Å². The fraction of sp³-hybridized carbons (Fsp3) is 0.333. The molecule has 0 spiro atoms. The lowest BCUT2D eigenvalue weighted by molar-refractivity contribution is -0.115. The molecule has 2 aliphatic heterocycles. The van der Waals surface area contributed by atoms with E-state index < -0.39 is 10.0 Å². The van der Waals surface area contributed by atoms with Gasteiger partial charge in [-0.05, 0) is 60.4 Å². The van der Waals surface area contributed by atoms with Crippen LogP contribution >= 0.6 is 0 Å². The summed E-state index contributed by atoms with van der Waals surface area (Å²) in [6.07, 6.45) is 0.910. The molecule has 3 aromatic rings. The van der Waals surface area contributed by atoms with Gasteiger partial charge in [0.2, 0.25) is 15.9 Å². The van der Waals surface area contributed by atoms with Gasteiger partial charge in [-0.1, -0.05) is 12.1 Å². The number of hydrogen-bond acceptors (Lipinski definition) is 6. The summed E-state index contributed by atoms with van der Waals surface area (Å²) in [5.41, 5.74) is 1.91. The van der Waals surface area contributed by atoms with Crippen LogP contribution in [0, 0.1) is 5.92 Å². The van der Waals surface area contributed by atoms with Gasteiger partial charge in [0, 0.05) is 37.3 Å². The first kappa shape index (κ1) is 25.0. The van der Waals surface area contributed by atoms with Crippen molar-refractivity contribution in [3.63, 3.8) is 0 Å². The second kappa shape index (κ2) is 10.0. The fourth-order valence-corrected chi connectivity index (χ4v) is 6.85. The molecule has 0 unspecified atom stereocenters. The Morgan fingerprint density at radius 3 is 2.22 bits per heavy atom. The van der Waals surface area contributed by atoms with Crippen LogP contribution in [0.2, 0.25) is 0 Å². The highest BCUT2D eigenvalue weighted by Gasteiger charge is 2.40. The van der Waals surface area contributed by atoms with E-state index in [1.165, 1.54) is 17.5 Å². The highest BCUT2D eigenvalue weighted by Crippen LogP contribution is 2.40. The molecule has 9 nitrogen and oxygen atoms in total. The Kier molecular flexibility index (Phi) is 6.78. The summed E-state index contributed by atoms with van der Waals surface area (Å²) in [7, 11) is -0.617. The number of amides is 1. The molecule has 2 atom stereocenters. The van der Waals surface area contributed by atoms with Crippen LogP contribution in [0.5, 0.6) is 11.5 Å². The van der Waals surface area contributed by atoms with E-state index in [2.05, 4.69) is 5.32 Å². The molecule has 2 aromatic carbocycles. The predicted octanol–water partition coefficient (Wildman–Crippen LogP) is 2.85. The van der Waals surface area contributed by atoms with E-state index >= 15 is 0 Å². The van der Waals surface area contributed by atoms with Crippen molar-refractivity contribution in [1.29, 1.82) is 0 Å². The van der Waals surface area contributed by atoms with E-state index in [0.29, 0.717) is 36.0 Å². The number of rotatable bonds is 7. The molecule has 194 valence electrons. The van der Waals surface area contributed by atoms with Gasteiger partial charge in [-0.2, -0.15) is 4.31 Å². The number of pyridine rings is 1. The van der Waals surface area contributed by atoms with Gasteiger partial charge in [0.05, 0.1) is 31.2 Å². The van der Waals surface area contributed by atoms with Crippen LogP contribution < -0.4 is 20.3 Å². The maximum absolute atomic E-state index is 13.4. The monoisotopic (exact) mass is 523 g/mol. The minimum atomic E-state index is -3.73. The van der Waals surface area contributed by atoms with Crippen LogP contribution in [0.15, 0.2) is 70.4 Å². The van der Waals surface area contributed by atoms with Crippen LogP contribution in [0.3, 0.4) is 0 Å². The minimum absolute atomic E-state index is 0.00206. The van der Waals surface area contributed by atoms with Crippen molar-refractivity contribution in [3.8, 4) is 11.5 Å². The average molecular weight is 524 g/mol. The number of sulfonamides is 1.